The highest BCUT2D eigenvalue weighted by Gasteiger charge is 2.23. The van der Waals surface area contributed by atoms with Crippen LogP contribution in [0, 0.1) is 0 Å². The van der Waals surface area contributed by atoms with Crippen molar-refractivity contribution in [3.8, 4) is 0 Å². The number of unbranched alkanes of at least 4 members (excludes halogenated alkanes) is 14. The molecule has 9 heteroatoms. The zero-order valence-electron chi connectivity index (χ0n) is 27.7. The maximum Gasteiger partial charge on any atom is 0.361 e. The van der Waals surface area contributed by atoms with E-state index in [1.807, 2.05) is 28.2 Å². The summed E-state index contributed by atoms with van der Waals surface area (Å²) in [5.41, 5.74) is 0. The van der Waals surface area contributed by atoms with Gasteiger partial charge in [-0.2, -0.15) is 0 Å². The second-order valence-electron chi connectivity index (χ2n) is 12.6. The molecule has 0 aliphatic rings. The third-order valence-corrected chi connectivity index (χ3v) is 7.32. The molecule has 0 radical (unpaired) electrons. The monoisotopic (exact) mass is 628 g/mol. The lowest BCUT2D eigenvalue weighted by Crippen LogP contribution is -3.00. The van der Waals surface area contributed by atoms with Gasteiger partial charge in [0.15, 0.2) is 13.1 Å². The fourth-order valence-corrected chi connectivity index (χ4v) is 4.52. The summed E-state index contributed by atoms with van der Waals surface area (Å²) in [6.45, 7) is 8.85. The van der Waals surface area contributed by atoms with Crippen LogP contribution in [0.1, 0.15) is 117 Å². The van der Waals surface area contributed by atoms with Crippen LogP contribution in [-0.2, 0) is 23.8 Å². The van der Waals surface area contributed by atoms with Crippen LogP contribution in [0.15, 0.2) is 0 Å². The Morgan fingerprint density at radius 3 is 1.07 bits per heavy atom. The summed E-state index contributed by atoms with van der Waals surface area (Å²) < 4.78 is 17.8. The Hall–Kier alpha value is -0.600. The van der Waals surface area contributed by atoms with Gasteiger partial charge in [0, 0.05) is 0 Å². The van der Waals surface area contributed by atoms with Crippen molar-refractivity contribution in [2.24, 2.45) is 0 Å². The third-order valence-electron chi connectivity index (χ3n) is 7.32. The molecule has 248 valence electrons. The number of likely N-dealkylation sites (N-methyl/N-ethyl adjacent to an activating group) is 2. The molecule has 0 rings (SSSR count). The van der Waals surface area contributed by atoms with Gasteiger partial charge in [-0.1, -0.05) is 104 Å². The van der Waals surface area contributed by atoms with E-state index in [0.29, 0.717) is 48.5 Å². The summed E-state index contributed by atoms with van der Waals surface area (Å²) in [7, 11) is 8.12. The van der Waals surface area contributed by atoms with E-state index in [1.54, 1.807) is 0 Å². The van der Waals surface area contributed by atoms with Crippen molar-refractivity contribution in [2.45, 2.75) is 117 Å². The van der Waals surface area contributed by atoms with Crippen LogP contribution in [-0.4, -0.2) is 102 Å². The number of hydrogen-bond donors (Lipinski definition) is 0. The van der Waals surface area contributed by atoms with Gasteiger partial charge in [-0.25, -0.2) is 9.59 Å². The highest BCUT2D eigenvalue weighted by atomic mass is 35.5. The molecule has 0 aliphatic carbocycles. The number of ether oxygens (including phenoxy) is 3. The van der Waals surface area contributed by atoms with E-state index in [-0.39, 0.29) is 36.8 Å². The molecule has 0 saturated carbocycles. The van der Waals surface area contributed by atoms with E-state index in [9.17, 15) is 9.59 Å². The molecule has 41 heavy (non-hydrogen) atoms. The van der Waals surface area contributed by atoms with Crippen molar-refractivity contribution in [1.29, 1.82) is 0 Å². The Kier molecular flexibility index (Phi) is 32.2. The second-order valence-corrected chi connectivity index (χ2v) is 12.6. The molecule has 0 unspecified atom stereocenters. The van der Waals surface area contributed by atoms with Crippen LogP contribution < -0.4 is 24.8 Å². The Morgan fingerprint density at radius 1 is 0.463 bits per heavy atom. The molecule has 0 fully saturated rings. The molecule has 0 N–H and O–H groups in total. The molecule has 7 nitrogen and oxygen atoms in total. The van der Waals surface area contributed by atoms with Crippen LogP contribution >= 0.6 is 0 Å². The van der Waals surface area contributed by atoms with Gasteiger partial charge in [0.25, 0.3) is 0 Å². The van der Waals surface area contributed by atoms with Crippen molar-refractivity contribution in [3.05, 3.63) is 0 Å². The molecular weight excluding hydrogens is 563 g/mol. The lowest BCUT2D eigenvalue weighted by atomic mass is 10.1. The van der Waals surface area contributed by atoms with Gasteiger partial charge >= 0.3 is 11.9 Å². The van der Waals surface area contributed by atoms with E-state index in [0.717, 1.165) is 38.8 Å². The number of halogens is 2. The minimum Gasteiger partial charge on any atom is -1.00 e. The van der Waals surface area contributed by atoms with Gasteiger partial charge < -0.3 is 48.0 Å². The minimum atomic E-state index is -0.133. The van der Waals surface area contributed by atoms with Crippen molar-refractivity contribution in [1.82, 2.24) is 0 Å². The van der Waals surface area contributed by atoms with Gasteiger partial charge in [0.1, 0.15) is 13.1 Å². The Bertz CT molecular complexity index is 557. The van der Waals surface area contributed by atoms with Gasteiger partial charge in [-0.3, -0.25) is 0 Å². The quantitative estimate of drug-likeness (QED) is 0.0719. The standard InChI is InChI=1S/C32H66N2O5.2ClH/c1-7-9-11-13-15-17-19-21-25-38-31(35)29-33(3,4)23-27-37-28-24-34(5,6)30-32(36)39-26-22-20-18-16-14-12-10-8-2;;/h7-30H2,1-6H3;2*1H/q+2;;/p-2. The fraction of sp³-hybridized carbons (Fsp3) is 0.938. The van der Waals surface area contributed by atoms with E-state index >= 15 is 0 Å². The molecular formula is C32H66Cl2N2O5. The largest absolute Gasteiger partial charge is 1.00 e. The average molecular weight is 630 g/mol. The molecule has 0 amide bonds. The van der Waals surface area contributed by atoms with Crippen LogP contribution in [0.4, 0.5) is 0 Å². The lowest BCUT2D eigenvalue weighted by Gasteiger charge is -2.30. The highest BCUT2D eigenvalue weighted by Crippen LogP contribution is 2.10. The number of quaternary nitrogens is 2. The van der Waals surface area contributed by atoms with Crippen molar-refractivity contribution in [2.75, 3.05) is 80.8 Å². The molecule has 0 aromatic rings. The minimum absolute atomic E-state index is 0. The maximum absolute atomic E-state index is 12.2. The first kappa shape index (κ1) is 44.8. The summed E-state index contributed by atoms with van der Waals surface area (Å²) in [5.74, 6) is -0.266. The molecule has 0 aliphatic heterocycles. The van der Waals surface area contributed by atoms with Gasteiger partial charge in [-0.05, 0) is 12.8 Å². The topological polar surface area (TPSA) is 61.8 Å². The second kappa shape index (κ2) is 29.5. The summed E-state index contributed by atoms with van der Waals surface area (Å²) in [6, 6.07) is 0. The molecule has 0 atom stereocenters. The van der Waals surface area contributed by atoms with E-state index < -0.39 is 0 Å². The number of rotatable bonds is 28. The smallest absolute Gasteiger partial charge is 0.361 e. The summed E-state index contributed by atoms with van der Waals surface area (Å²) >= 11 is 0. The van der Waals surface area contributed by atoms with E-state index in [1.165, 1.54) is 77.0 Å². The zero-order chi connectivity index (χ0) is 29.2. The number of carbonyl (C=O) groups is 2. The molecule has 0 spiro atoms. The van der Waals surface area contributed by atoms with E-state index in [4.69, 9.17) is 14.2 Å². The van der Waals surface area contributed by atoms with E-state index in [2.05, 4.69) is 13.8 Å². The number of hydrogen-bond acceptors (Lipinski definition) is 5. The van der Waals surface area contributed by atoms with Crippen molar-refractivity contribution in [3.63, 3.8) is 0 Å². The maximum atomic E-state index is 12.2. The normalized spacial score (nSPS) is 11.5. The molecule has 0 heterocycles. The predicted octanol–water partition coefficient (Wildman–Crippen LogP) is 0.532. The Labute approximate surface area is 266 Å². The average Bonchev–Trinajstić information content (AvgIpc) is 2.85. The van der Waals surface area contributed by atoms with Crippen LogP contribution in [0.3, 0.4) is 0 Å². The highest BCUT2D eigenvalue weighted by molar-refractivity contribution is 5.70. The van der Waals surface area contributed by atoms with Crippen LogP contribution in [0.2, 0.25) is 0 Å². The SMILES string of the molecule is CCCCCCCCCCOC(=O)C[N+](C)(C)CCOCC[N+](C)(C)CC(=O)OCCCCCCCCCC.[Cl-].[Cl-]. The fourth-order valence-electron chi connectivity index (χ4n) is 4.52. The van der Waals surface area contributed by atoms with Gasteiger partial charge in [-0.15, -0.1) is 0 Å². The lowest BCUT2D eigenvalue weighted by molar-refractivity contribution is -0.887. The zero-order valence-corrected chi connectivity index (χ0v) is 29.2. The first-order valence-electron chi connectivity index (χ1n) is 16.1. The van der Waals surface area contributed by atoms with Crippen molar-refractivity contribution < 1.29 is 57.6 Å². The Balaban J connectivity index is -0.00000722. The first-order chi connectivity index (χ1) is 18.6. The van der Waals surface area contributed by atoms with Gasteiger partial charge in [0.2, 0.25) is 0 Å². The third kappa shape index (κ3) is 32.2. The number of esters is 2. The van der Waals surface area contributed by atoms with Crippen LogP contribution in [0.5, 0.6) is 0 Å². The molecule has 0 saturated heterocycles. The molecule has 0 aromatic carbocycles. The summed E-state index contributed by atoms with van der Waals surface area (Å²) in [5, 5.41) is 0. The summed E-state index contributed by atoms with van der Waals surface area (Å²) in [4.78, 5) is 24.5. The molecule has 0 aromatic heterocycles. The van der Waals surface area contributed by atoms with Crippen LogP contribution in [0.25, 0.3) is 0 Å². The first-order valence-corrected chi connectivity index (χ1v) is 16.1. The Morgan fingerprint density at radius 2 is 0.756 bits per heavy atom. The number of carbonyl (C=O) groups excluding carboxylic acids is 2. The summed E-state index contributed by atoms with van der Waals surface area (Å²) in [6.07, 6.45) is 19.8. The van der Waals surface area contributed by atoms with Crippen molar-refractivity contribution >= 4 is 11.9 Å². The van der Waals surface area contributed by atoms with Gasteiger partial charge in [0.05, 0.1) is 54.6 Å². The predicted molar refractivity (Wildman–Crippen MR) is 162 cm³/mol. The molecule has 0 bridgehead atoms. The number of nitrogens with zero attached hydrogens (tertiary/aromatic N) is 2.